The number of rotatable bonds is 2. The van der Waals surface area contributed by atoms with Gasteiger partial charge in [-0.15, -0.1) is 0 Å². The van der Waals surface area contributed by atoms with E-state index in [2.05, 4.69) is 34.5 Å². The van der Waals surface area contributed by atoms with Gasteiger partial charge in [0.15, 0.2) is 0 Å². The highest BCUT2D eigenvalue weighted by Crippen LogP contribution is 2.22. The van der Waals surface area contributed by atoms with E-state index in [0.29, 0.717) is 6.04 Å². The Morgan fingerprint density at radius 3 is 2.44 bits per heavy atom. The number of nitrogens with zero attached hydrogens (tertiary/aromatic N) is 1. The third-order valence-electron chi connectivity index (χ3n) is 3.05. The molecule has 0 saturated carbocycles. The van der Waals surface area contributed by atoms with Gasteiger partial charge in [0.25, 0.3) is 0 Å². The lowest BCUT2D eigenvalue weighted by molar-refractivity contribution is 0.457. The molecule has 1 saturated heterocycles. The Morgan fingerprint density at radius 1 is 1.25 bits per heavy atom. The molecule has 1 aliphatic heterocycles. The molecular weight excluding hydrogens is 216 g/mol. The predicted octanol–water partition coefficient (Wildman–Crippen LogP) is 2.59. The van der Waals surface area contributed by atoms with Crippen LogP contribution in [0.1, 0.15) is 19.8 Å². The maximum absolute atomic E-state index is 5.39. The summed E-state index contributed by atoms with van der Waals surface area (Å²) in [6, 6.07) is 11.0. The maximum atomic E-state index is 5.39. The summed E-state index contributed by atoms with van der Waals surface area (Å²) < 4.78 is 0. The van der Waals surface area contributed by atoms with Crippen molar-refractivity contribution >= 4 is 22.9 Å². The van der Waals surface area contributed by atoms with Crippen LogP contribution in [0.5, 0.6) is 0 Å². The van der Waals surface area contributed by atoms with Gasteiger partial charge in [0.2, 0.25) is 0 Å². The molecule has 0 unspecified atom stereocenters. The molecule has 0 aliphatic carbocycles. The van der Waals surface area contributed by atoms with E-state index in [1.54, 1.807) is 0 Å². The zero-order chi connectivity index (χ0) is 11.4. The van der Waals surface area contributed by atoms with Gasteiger partial charge >= 0.3 is 0 Å². The van der Waals surface area contributed by atoms with Crippen molar-refractivity contribution in [2.24, 2.45) is 0 Å². The summed E-state index contributed by atoms with van der Waals surface area (Å²) >= 11 is 5.39. The summed E-state index contributed by atoms with van der Waals surface area (Å²) in [4.78, 5) is 3.27. The van der Waals surface area contributed by atoms with E-state index >= 15 is 0 Å². The van der Waals surface area contributed by atoms with Crippen molar-refractivity contribution in [3.05, 3.63) is 30.3 Å². The van der Waals surface area contributed by atoms with Crippen molar-refractivity contribution in [3.63, 3.8) is 0 Å². The standard InChI is InChI=1S/C13H18N2S/c1-11(16)15(12-5-3-2-4-6-12)13-7-9-14-10-8-13/h2-6,13-14H,7-10H2,1H3. The van der Waals surface area contributed by atoms with Crippen molar-refractivity contribution in [3.8, 4) is 0 Å². The van der Waals surface area contributed by atoms with Crippen molar-refractivity contribution in [1.29, 1.82) is 0 Å². The molecule has 0 amide bonds. The maximum Gasteiger partial charge on any atom is 0.0794 e. The highest BCUT2D eigenvalue weighted by atomic mass is 32.1. The summed E-state index contributed by atoms with van der Waals surface area (Å²) in [5, 5.41) is 3.39. The van der Waals surface area contributed by atoms with Gasteiger partial charge < -0.3 is 10.2 Å². The van der Waals surface area contributed by atoms with Gasteiger partial charge in [-0.1, -0.05) is 30.4 Å². The molecule has 1 fully saturated rings. The van der Waals surface area contributed by atoms with E-state index in [-0.39, 0.29) is 0 Å². The lowest BCUT2D eigenvalue weighted by Crippen LogP contribution is -2.45. The zero-order valence-corrected chi connectivity index (χ0v) is 10.5. The van der Waals surface area contributed by atoms with Crippen molar-refractivity contribution in [2.75, 3.05) is 18.0 Å². The molecule has 1 heterocycles. The number of hydrogen-bond donors (Lipinski definition) is 1. The fourth-order valence-corrected chi connectivity index (χ4v) is 2.56. The van der Waals surface area contributed by atoms with Crippen LogP contribution in [-0.2, 0) is 0 Å². The lowest BCUT2D eigenvalue weighted by atomic mass is 10.0. The Morgan fingerprint density at radius 2 is 1.88 bits per heavy atom. The van der Waals surface area contributed by atoms with Gasteiger partial charge in [-0.05, 0) is 45.0 Å². The number of benzene rings is 1. The normalized spacial score (nSPS) is 17.1. The third kappa shape index (κ3) is 2.60. The number of piperidine rings is 1. The Bertz CT molecular complexity index is 344. The van der Waals surface area contributed by atoms with Crippen molar-refractivity contribution in [2.45, 2.75) is 25.8 Å². The van der Waals surface area contributed by atoms with Gasteiger partial charge in [0, 0.05) is 11.7 Å². The highest BCUT2D eigenvalue weighted by Gasteiger charge is 2.22. The largest absolute Gasteiger partial charge is 0.333 e. The van der Waals surface area contributed by atoms with E-state index in [1.165, 1.54) is 18.5 Å². The summed E-state index contributed by atoms with van der Waals surface area (Å²) in [7, 11) is 0. The Labute approximate surface area is 103 Å². The average molecular weight is 234 g/mol. The molecule has 86 valence electrons. The second kappa shape index (κ2) is 5.41. The third-order valence-corrected chi connectivity index (χ3v) is 3.24. The minimum atomic E-state index is 0.557. The number of nitrogens with one attached hydrogen (secondary N) is 1. The number of para-hydroxylation sites is 1. The Balaban J connectivity index is 2.20. The molecule has 0 bridgehead atoms. The molecule has 1 aromatic rings. The summed E-state index contributed by atoms with van der Waals surface area (Å²) in [5.41, 5.74) is 1.22. The first-order valence-corrected chi connectivity index (χ1v) is 6.25. The summed E-state index contributed by atoms with van der Waals surface area (Å²) in [6.45, 7) is 4.21. The number of thiocarbonyl (C=S) groups is 1. The van der Waals surface area contributed by atoms with Gasteiger partial charge in [0.05, 0.1) is 4.99 Å². The Hall–Kier alpha value is -0.930. The summed E-state index contributed by atoms with van der Waals surface area (Å²) in [6.07, 6.45) is 2.34. The smallest absolute Gasteiger partial charge is 0.0794 e. The van der Waals surface area contributed by atoms with Crippen molar-refractivity contribution < 1.29 is 0 Å². The van der Waals surface area contributed by atoms with E-state index in [0.717, 1.165) is 18.1 Å². The van der Waals surface area contributed by atoms with Gasteiger partial charge in [-0.3, -0.25) is 0 Å². The second-order valence-electron chi connectivity index (χ2n) is 4.21. The molecule has 0 spiro atoms. The minimum absolute atomic E-state index is 0.557. The quantitative estimate of drug-likeness (QED) is 0.792. The molecule has 1 N–H and O–H groups in total. The molecule has 0 atom stereocenters. The minimum Gasteiger partial charge on any atom is -0.333 e. The summed E-state index contributed by atoms with van der Waals surface area (Å²) in [5.74, 6) is 0. The lowest BCUT2D eigenvalue weighted by Gasteiger charge is -2.35. The molecule has 1 aromatic carbocycles. The van der Waals surface area contributed by atoms with Crippen LogP contribution >= 0.6 is 12.2 Å². The van der Waals surface area contributed by atoms with Crippen LogP contribution in [0.15, 0.2) is 30.3 Å². The van der Waals surface area contributed by atoms with Crippen LogP contribution in [0.4, 0.5) is 5.69 Å². The van der Waals surface area contributed by atoms with E-state index in [9.17, 15) is 0 Å². The van der Waals surface area contributed by atoms with Crippen LogP contribution in [0.3, 0.4) is 0 Å². The van der Waals surface area contributed by atoms with E-state index < -0.39 is 0 Å². The molecular formula is C13H18N2S. The second-order valence-corrected chi connectivity index (χ2v) is 4.80. The van der Waals surface area contributed by atoms with Gasteiger partial charge in [-0.25, -0.2) is 0 Å². The first-order valence-electron chi connectivity index (χ1n) is 5.84. The molecule has 2 nitrogen and oxygen atoms in total. The van der Waals surface area contributed by atoms with Crippen molar-refractivity contribution in [1.82, 2.24) is 5.32 Å². The fraction of sp³-hybridized carbons (Fsp3) is 0.462. The van der Waals surface area contributed by atoms with Gasteiger partial charge in [0.1, 0.15) is 0 Å². The van der Waals surface area contributed by atoms with Crippen LogP contribution < -0.4 is 10.2 Å². The molecule has 0 aromatic heterocycles. The Kier molecular flexibility index (Phi) is 3.91. The number of anilines is 1. The average Bonchev–Trinajstić information content (AvgIpc) is 2.31. The SMILES string of the molecule is CC(=S)N(c1ccccc1)C1CCNCC1. The van der Waals surface area contributed by atoms with Crippen LogP contribution in [0.2, 0.25) is 0 Å². The number of hydrogen-bond acceptors (Lipinski definition) is 2. The molecule has 1 aliphatic rings. The zero-order valence-electron chi connectivity index (χ0n) is 9.65. The molecule has 2 rings (SSSR count). The molecule has 0 radical (unpaired) electrons. The first-order chi connectivity index (χ1) is 7.79. The topological polar surface area (TPSA) is 15.3 Å². The predicted molar refractivity (Wildman–Crippen MR) is 73.1 cm³/mol. The van der Waals surface area contributed by atoms with Crippen LogP contribution in [-0.4, -0.2) is 24.1 Å². The first kappa shape index (κ1) is 11.6. The monoisotopic (exact) mass is 234 g/mol. The van der Waals surface area contributed by atoms with Gasteiger partial charge in [-0.2, -0.15) is 0 Å². The van der Waals surface area contributed by atoms with Crippen LogP contribution in [0.25, 0.3) is 0 Å². The molecule has 16 heavy (non-hydrogen) atoms. The molecule has 3 heteroatoms. The van der Waals surface area contributed by atoms with E-state index in [4.69, 9.17) is 12.2 Å². The van der Waals surface area contributed by atoms with Crippen LogP contribution in [0, 0.1) is 0 Å². The fourth-order valence-electron chi connectivity index (χ4n) is 2.30. The highest BCUT2D eigenvalue weighted by molar-refractivity contribution is 7.80. The van der Waals surface area contributed by atoms with E-state index in [1.807, 2.05) is 13.0 Å².